The van der Waals surface area contributed by atoms with Crippen molar-refractivity contribution in [3.8, 4) is 5.75 Å². The van der Waals surface area contributed by atoms with E-state index in [1.165, 1.54) is 5.56 Å². The third kappa shape index (κ3) is 5.44. The minimum atomic E-state index is 0.433. The molecule has 0 aromatic heterocycles. The lowest BCUT2D eigenvalue weighted by atomic mass is 10.00. The van der Waals surface area contributed by atoms with Crippen LogP contribution >= 0.6 is 0 Å². The summed E-state index contributed by atoms with van der Waals surface area (Å²) in [5.74, 6) is 1.39. The van der Waals surface area contributed by atoms with E-state index in [9.17, 15) is 0 Å². The number of oxime groups is 1. The van der Waals surface area contributed by atoms with Crippen LogP contribution in [0.3, 0.4) is 0 Å². The second-order valence-corrected chi connectivity index (χ2v) is 5.66. The smallest absolute Gasteiger partial charge is 0.151 e. The summed E-state index contributed by atoms with van der Waals surface area (Å²) in [5.41, 5.74) is 3.40. The lowest BCUT2D eigenvalue weighted by Gasteiger charge is -2.09. The van der Waals surface area contributed by atoms with E-state index in [1.807, 2.05) is 30.3 Å². The fraction of sp³-hybridized carbons (Fsp3) is 0.350. The average Bonchev–Trinajstić information content (AvgIpc) is 2.59. The summed E-state index contributed by atoms with van der Waals surface area (Å²) in [7, 11) is 0. The molecule has 0 saturated carbocycles. The Balaban J connectivity index is 1.84. The molecule has 2 rings (SSSR count). The van der Waals surface area contributed by atoms with Gasteiger partial charge >= 0.3 is 0 Å². The standard InChI is InChI=1S/C20H25NO2/c1-4-20(18-12-10-17(11-13-18)16(2)3)21-23-15-14-22-19-8-6-5-7-9-19/h5-13,16H,4,14-15H2,1-3H3/b21-20+. The molecule has 3 nitrogen and oxygen atoms in total. The first-order chi connectivity index (χ1) is 11.2. The number of ether oxygens (including phenoxy) is 1. The molecule has 0 bridgehead atoms. The summed E-state index contributed by atoms with van der Waals surface area (Å²) in [6.07, 6.45) is 0.834. The molecule has 0 unspecified atom stereocenters. The van der Waals surface area contributed by atoms with Crippen LogP contribution in [0, 0.1) is 0 Å². The zero-order valence-corrected chi connectivity index (χ0v) is 14.2. The Labute approximate surface area is 138 Å². The van der Waals surface area contributed by atoms with E-state index in [4.69, 9.17) is 9.57 Å². The predicted molar refractivity (Wildman–Crippen MR) is 95.2 cm³/mol. The summed E-state index contributed by atoms with van der Waals surface area (Å²) in [6, 6.07) is 18.3. The van der Waals surface area contributed by atoms with Crippen molar-refractivity contribution in [3.05, 3.63) is 65.7 Å². The van der Waals surface area contributed by atoms with Crippen LogP contribution < -0.4 is 4.74 Å². The molecule has 0 aliphatic heterocycles. The van der Waals surface area contributed by atoms with E-state index in [0.29, 0.717) is 19.1 Å². The van der Waals surface area contributed by atoms with Crippen molar-refractivity contribution >= 4 is 5.71 Å². The highest BCUT2D eigenvalue weighted by Gasteiger charge is 2.04. The first kappa shape index (κ1) is 17.1. The molecule has 0 fully saturated rings. The molecule has 0 heterocycles. The number of hydrogen-bond acceptors (Lipinski definition) is 3. The maximum absolute atomic E-state index is 5.57. The van der Waals surface area contributed by atoms with Gasteiger partial charge in [0, 0.05) is 0 Å². The maximum Gasteiger partial charge on any atom is 0.151 e. The van der Waals surface area contributed by atoms with Crippen molar-refractivity contribution in [2.45, 2.75) is 33.1 Å². The highest BCUT2D eigenvalue weighted by molar-refractivity contribution is 6.00. The van der Waals surface area contributed by atoms with Gasteiger partial charge in [0.05, 0.1) is 5.71 Å². The van der Waals surface area contributed by atoms with Crippen molar-refractivity contribution in [3.63, 3.8) is 0 Å². The van der Waals surface area contributed by atoms with Gasteiger partial charge in [-0.05, 0) is 35.6 Å². The number of para-hydroxylation sites is 1. The zero-order chi connectivity index (χ0) is 16.5. The van der Waals surface area contributed by atoms with Gasteiger partial charge in [0.2, 0.25) is 0 Å². The average molecular weight is 311 g/mol. The van der Waals surface area contributed by atoms with Crippen LogP contribution in [0.25, 0.3) is 0 Å². The van der Waals surface area contributed by atoms with Crippen LogP contribution in [0.4, 0.5) is 0 Å². The van der Waals surface area contributed by atoms with E-state index < -0.39 is 0 Å². The molecular weight excluding hydrogens is 286 g/mol. The monoisotopic (exact) mass is 311 g/mol. The van der Waals surface area contributed by atoms with Gasteiger partial charge in [-0.1, -0.05) is 68.4 Å². The SMILES string of the molecule is CC/C(=N\OCCOc1ccccc1)c1ccc(C(C)C)cc1. The number of nitrogens with zero attached hydrogens (tertiary/aromatic N) is 1. The molecule has 0 spiro atoms. The largest absolute Gasteiger partial charge is 0.490 e. The molecule has 3 heteroatoms. The molecule has 0 saturated heterocycles. The number of benzene rings is 2. The van der Waals surface area contributed by atoms with Crippen LogP contribution in [-0.4, -0.2) is 18.9 Å². The molecule has 0 aliphatic carbocycles. The summed E-state index contributed by atoms with van der Waals surface area (Å²) in [6.45, 7) is 7.39. The summed E-state index contributed by atoms with van der Waals surface area (Å²) < 4.78 is 5.57. The van der Waals surface area contributed by atoms with Crippen LogP contribution in [0.1, 0.15) is 44.2 Å². The highest BCUT2D eigenvalue weighted by atomic mass is 16.6. The summed E-state index contributed by atoms with van der Waals surface area (Å²) in [4.78, 5) is 5.40. The Hall–Kier alpha value is -2.29. The molecule has 2 aromatic rings. The van der Waals surface area contributed by atoms with E-state index >= 15 is 0 Å². The van der Waals surface area contributed by atoms with Gasteiger partial charge in [0.25, 0.3) is 0 Å². The lowest BCUT2D eigenvalue weighted by Crippen LogP contribution is -2.06. The first-order valence-corrected chi connectivity index (χ1v) is 8.17. The molecule has 0 aliphatic rings. The molecule has 0 atom stereocenters. The second-order valence-electron chi connectivity index (χ2n) is 5.66. The molecule has 0 N–H and O–H groups in total. The topological polar surface area (TPSA) is 30.8 Å². The Morgan fingerprint density at radius 3 is 2.26 bits per heavy atom. The minimum absolute atomic E-state index is 0.433. The normalized spacial score (nSPS) is 11.6. The van der Waals surface area contributed by atoms with Gasteiger partial charge < -0.3 is 9.57 Å². The van der Waals surface area contributed by atoms with E-state index in [0.717, 1.165) is 23.4 Å². The maximum atomic E-state index is 5.57. The van der Waals surface area contributed by atoms with Gasteiger partial charge in [-0.3, -0.25) is 0 Å². The van der Waals surface area contributed by atoms with E-state index in [2.05, 4.69) is 50.2 Å². The summed E-state index contributed by atoms with van der Waals surface area (Å²) in [5, 5.41) is 4.25. The number of hydrogen-bond donors (Lipinski definition) is 0. The van der Waals surface area contributed by atoms with E-state index in [1.54, 1.807) is 0 Å². The van der Waals surface area contributed by atoms with Gasteiger partial charge in [0.15, 0.2) is 6.61 Å². The number of rotatable bonds is 8. The molecule has 0 radical (unpaired) electrons. The van der Waals surface area contributed by atoms with Crippen molar-refractivity contribution in [2.75, 3.05) is 13.2 Å². The Bertz CT molecular complexity index is 603. The van der Waals surface area contributed by atoms with Gasteiger partial charge in [-0.25, -0.2) is 0 Å². The quantitative estimate of drug-likeness (QED) is 0.389. The van der Waals surface area contributed by atoms with Crippen LogP contribution in [0.15, 0.2) is 59.8 Å². The van der Waals surface area contributed by atoms with E-state index in [-0.39, 0.29) is 0 Å². The van der Waals surface area contributed by atoms with Crippen molar-refractivity contribution in [1.82, 2.24) is 0 Å². The highest BCUT2D eigenvalue weighted by Crippen LogP contribution is 2.16. The third-order valence-electron chi connectivity index (χ3n) is 3.61. The second kappa shape index (κ2) is 8.99. The van der Waals surface area contributed by atoms with Crippen LogP contribution in [0.2, 0.25) is 0 Å². The predicted octanol–water partition coefficient (Wildman–Crippen LogP) is 5.02. The molecule has 2 aromatic carbocycles. The van der Waals surface area contributed by atoms with Crippen LogP contribution in [0.5, 0.6) is 5.75 Å². The Kier molecular flexibility index (Phi) is 6.67. The zero-order valence-electron chi connectivity index (χ0n) is 14.2. The van der Waals surface area contributed by atoms with Gasteiger partial charge in [-0.2, -0.15) is 0 Å². The summed E-state index contributed by atoms with van der Waals surface area (Å²) >= 11 is 0. The van der Waals surface area contributed by atoms with Crippen LogP contribution in [-0.2, 0) is 4.84 Å². The first-order valence-electron chi connectivity index (χ1n) is 8.17. The van der Waals surface area contributed by atoms with Crippen molar-refractivity contribution < 1.29 is 9.57 Å². The van der Waals surface area contributed by atoms with Crippen molar-refractivity contribution in [2.24, 2.45) is 5.16 Å². The van der Waals surface area contributed by atoms with Gasteiger partial charge in [-0.15, -0.1) is 0 Å². The molecule has 0 amide bonds. The molecule has 122 valence electrons. The minimum Gasteiger partial charge on any atom is -0.490 e. The fourth-order valence-electron chi connectivity index (χ4n) is 2.22. The molecular formula is C20H25NO2. The van der Waals surface area contributed by atoms with Gasteiger partial charge in [0.1, 0.15) is 12.4 Å². The Morgan fingerprint density at radius 1 is 0.957 bits per heavy atom. The fourth-order valence-corrected chi connectivity index (χ4v) is 2.22. The third-order valence-corrected chi connectivity index (χ3v) is 3.61. The Morgan fingerprint density at radius 2 is 1.65 bits per heavy atom. The molecule has 23 heavy (non-hydrogen) atoms. The lowest BCUT2D eigenvalue weighted by molar-refractivity contribution is 0.107. The van der Waals surface area contributed by atoms with Crippen molar-refractivity contribution in [1.29, 1.82) is 0 Å².